The first-order valence-electron chi connectivity index (χ1n) is 7.88. The zero-order valence-electron chi connectivity index (χ0n) is 14.5. The molecule has 0 aliphatic rings. The fourth-order valence-corrected chi connectivity index (χ4v) is 2.76. The van der Waals surface area contributed by atoms with E-state index in [9.17, 15) is 4.79 Å². The minimum absolute atomic E-state index is 0.0899. The van der Waals surface area contributed by atoms with Crippen LogP contribution in [0.5, 0.6) is 11.5 Å². The minimum atomic E-state index is -0.317. The van der Waals surface area contributed by atoms with Gasteiger partial charge in [0.05, 0.1) is 17.8 Å². The van der Waals surface area contributed by atoms with Crippen LogP contribution < -0.4 is 14.9 Å². The summed E-state index contributed by atoms with van der Waals surface area (Å²) in [5, 5.41) is 3.94. The predicted molar refractivity (Wildman–Crippen MR) is 102 cm³/mol. The highest BCUT2D eigenvalue weighted by Crippen LogP contribution is 2.26. The molecule has 25 heavy (non-hydrogen) atoms. The molecule has 0 saturated carbocycles. The van der Waals surface area contributed by atoms with Crippen molar-refractivity contribution in [3.8, 4) is 11.5 Å². The number of hydrazone groups is 1. The first kappa shape index (κ1) is 19.0. The molecule has 132 valence electrons. The largest absolute Gasteiger partial charge is 0.496 e. The quantitative estimate of drug-likeness (QED) is 0.557. The number of carbonyl (C=O) groups excluding carboxylic acids is 1. The van der Waals surface area contributed by atoms with Crippen LogP contribution in [-0.4, -0.2) is 25.8 Å². The Morgan fingerprint density at radius 3 is 2.68 bits per heavy atom. The van der Waals surface area contributed by atoms with E-state index in [4.69, 9.17) is 9.47 Å². The number of hydrogen-bond acceptors (Lipinski definition) is 4. The summed E-state index contributed by atoms with van der Waals surface area (Å²) in [5.41, 5.74) is 4.36. The lowest BCUT2D eigenvalue weighted by molar-refractivity contribution is -0.123. The molecule has 1 N–H and O–H groups in total. The summed E-state index contributed by atoms with van der Waals surface area (Å²) in [7, 11) is 1.60. The van der Waals surface area contributed by atoms with E-state index in [1.54, 1.807) is 13.3 Å². The number of ether oxygens (including phenoxy) is 2. The molecule has 0 aliphatic heterocycles. The summed E-state index contributed by atoms with van der Waals surface area (Å²) >= 11 is 3.40. The van der Waals surface area contributed by atoms with Gasteiger partial charge in [-0.25, -0.2) is 5.43 Å². The average Bonchev–Trinajstić information content (AvgIpc) is 2.60. The van der Waals surface area contributed by atoms with E-state index in [1.165, 1.54) is 0 Å². The van der Waals surface area contributed by atoms with Crippen molar-refractivity contribution < 1.29 is 14.3 Å². The van der Waals surface area contributed by atoms with Crippen LogP contribution in [0.4, 0.5) is 0 Å². The van der Waals surface area contributed by atoms with Crippen LogP contribution in [0.2, 0.25) is 0 Å². The van der Waals surface area contributed by atoms with Gasteiger partial charge in [-0.05, 0) is 57.2 Å². The average molecular weight is 405 g/mol. The molecule has 0 bridgehead atoms. The van der Waals surface area contributed by atoms with Crippen LogP contribution in [0, 0.1) is 0 Å². The summed E-state index contributed by atoms with van der Waals surface area (Å²) in [6.45, 7) is 4.08. The van der Waals surface area contributed by atoms with Crippen molar-refractivity contribution in [2.24, 2.45) is 5.10 Å². The van der Waals surface area contributed by atoms with Gasteiger partial charge in [0.2, 0.25) is 0 Å². The van der Waals surface area contributed by atoms with Gasteiger partial charge in [-0.1, -0.05) is 32.0 Å². The van der Waals surface area contributed by atoms with Crippen LogP contribution in [-0.2, 0) is 4.79 Å². The fourth-order valence-electron chi connectivity index (χ4n) is 2.21. The smallest absolute Gasteiger partial charge is 0.277 e. The van der Waals surface area contributed by atoms with E-state index in [-0.39, 0.29) is 12.5 Å². The molecule has 0 aliphatic carbocycles. The molecule has 0 saturated heterocycles. The highest BCUT2D eigenvalue weighted by atomic mass is 79.9. The van der Waals surface area contributed by atoms with Crippen molar-refractivity contribution in [1.82, 2.24) is 5.43 Å². The standard InChI is InChI=1S/C19H21BrN2O3/c1-13(2)15-6-4-5-7-17(15)25-12-19(23)22-21-11-14-8-9-18(24-3)16(20)10-14/h4-11,13H,12H2,1-3H3,(H,22,23)/b21-11+. The summed E-state index contributed by atoms with van der Waals surface area (Å²) in [6.07, 6.45) is 1.56. The van der Waals surface area contributed by atoms with E-state index < -0.39 is 0 Å². The summed E-state index contributed by atoms with van der Waals surface area (Å²) in [5.74, 6) is 1.46. The maximum Gasteiger partial charge on any atom is 0.277 e. The zero-order chi connectivity index (χ0) is 18.2. The lowest BCUT2D eigenvalue weighted by Gasteiger charge is -2.13. The third-order valence-electron chi connectivity index (χ3n) is 3.48. The highest BCUT2D eigenvalue weighted by Gasteiger charge is 2.08. The molecule has 0 heterocycles. The van der Waals surface area contributed by atoms with Crippen LogP contribution in [0.15, 0.2) is 52.0 Å². The van der Waals surface area contributed by atoms with Gasteiger partial charge in [0.15, 0.2) is 6.61 Å². The van der Waals surface area contributed by atoms with Gasteiger partial charge in [-0.15, -0.1) is 0 Å². The molecule has 2 aromatic rings. The highest BCUT2D eigenvalue weighted by molar-refractivity contribution is 9.10. The summed E-state index contributed by atoms with van der Waals surface area (Å²) < 4.78 is 11.6. The second-order valence-electron chi connectivity index (χ2n) is 5.67. The zero-order valence-corrected chi connectivity index (χ0v) is 16.0. The van der Waals surface area contributed by atoms with Gasteiger partial charge in [0.1, 0.15) is 11.5 Å². The Hall–Kier alpha value is -2.34. The molecule has 6 heteroatoms. The molecule has 0 spiro atoms. The number of halogens is 1. The Kier molecular flexibility index (Phi) is 7.01. The Morgan fingerprint density at radius 1 is 1.24 bits per heavy atom. The van der Waals surface area contributed by atoms with Crippen LogP contribution >= 0.6 is 15.9 Å². The fraction of sp³-hybridized carbons (Fsp3) is 0.263. The van der Waals surface area contributed by atoms with Crippen molar-refractivity contribution in [3.05, 3.63) is 58.1 Å². The second-order valence-corrected chi connectivity index (χ2v) is 6.52. The molecule has 0 unspecified atom stereocenters. The number of hydrogen-bond donors (Lipinski definition) is 1. The number of amides is 1. The lowest BCUT2D eigenvalue weighted by Crippen LogP contribution is -2.24. The molecule has 0 aromatic heterocycles. The third-order valence-corrected chi connectivity index (χ3v) is 4.10. The maximum atomic E-state index is 11.9. The Morgan fingerprint density at radius 2 is 2.00 bits per heavy atom. The topological polar surface area (TPSA) is 59.9 Å². The Balaban J connectivity index is 1.88. The van der Waals surface area contributed by atoms with Gasteiger partial charge in [-0.2, -0.15) is 5.10 Å². The van der Waals surface area contributed by atoms with E-state index in [0.717, 1.165) is 27.1 Å². The first-order chi connectivity index (χ1) is 12.0. The van der Waals surface area contributed by atoms with Gasteiger partial charge in [0.25, 0.3) is 5.91 Å². The molecule has 2 rings (SSSR count). The van der Waals surface area contributed by atoms with E-state index in [0.29, 0.717) is 5.92 Å². The Labute approximate surface area is 156 Å². The van der Waals surface area contributed by atoms with Crippen molar-refractivity contribution >= 4 is 28.1 Å². The van der Waals surface area contributed by atoms with Crippen LogP contribution in [0.25, 0.3) is 0 Å². The van der Waals surface area contributed by atoms with Gasteiger partial charge < -0.3 is 9.47 Å². The summed E-state index contributed by atoms with van der Waals surface area (Å²) in [4.78, 5) is 11.9. The summed E-state index contributed by atoms with van der Waals surface area (Å²) in [6, 6.07) is 13.2. The lowest BCUT2D eigenvalue weighted by atomic mass is 10.0. The van der Waals surface area contributed by atoms with Gasteiger partial charge in [-0.3, -0.25) is 4.79 Å². The molecular formula is C19H21BrN2O3. The third kappa shape index (κ3) is 5.60. The maximum absolute atomic E-state index is 11.9. The molecule has 2 aromatic carbocycles. The molecule has 0 atom stereocenters. The van der Waals surface area contributed by atoms with Crippen molar-refractivity contribution in [2.75, 3.05) is 13.7 Å². The molecule has 0 fully saturated rings. The minimum Gasteiger partial charge on any atom is -0.496 e. The SMILES string of the molecule is COc1ccc(/C=N/NC(=O)COc2ccccc2C(C)C)cc1Br. The molecule has 0 radical (unpaired) electrons. The normalized spacial score (nSPS) is 10.9. The number of nitrogens with zero attached hydrogens (tertiary/aromatic N) is 1. The Bertz CT molecular complexity index is 760. The number of methoxy groups -OCH3 is 1. The van der Waals surface area contributed by atoms with Crippen molar-refractivity contribution in [1.29, 1.82) is 0 Å². The predicted octanol–water partition coefficient (Wildman–Crippen LogP) is 4.11. The number of para-hydroxylation sites is 1. The number of rotatable bonds is 7. The van der Waals surface area contributed by atoms with Crippen molar-refractivity contribution in [3.63, 3.8) is 0 Å². The van der Waals surface area contributed by atoms with E-state index in [1.807, 2.05) is 42.5 Å². The molecule has 1 amide bonds. The van der Waals surface area contributed by atoms with Crippen molar-refractivity contribution in [2.45, 2.75) is 19.8 Å². The monoisotopic (exact) mass is 404 g/mol. The van der Waals surface area contributed by atoms with Crippen LogP contribution in [0.1, 0.15) is 30.9 Å². The van der Waals surface area contributed by atoms with E-state index >= 15 is 0 Å². The number of benzene rings is 2. The molecule has 5 nitrogen and oxygen atoms in total. The second kappa shape index (κ2) is 9.22. The van der Waals surface area contributed by atoms with Gasteiger partial charge in [0, 0.05) is 0 Å². The first-order valence-corrected chi connectivity index (χ1v) is 8.67. The number of nitrogens with one attached hydrogen (secondary N) is 1. The van der Waals surface area contributed by atoms with Crippen LogP contribution in [0.3, 0.4) is 0 Å². The van der Waals surface area contributed by atoms with E-state index in [2.05, 4.69) is 40.3 Å². The molecular weight excluding hydrogens is 384 g/mol. The van der Waals surface area contributed by atoms with Gasteiger partial charge >= 0.3 is 0 Å². The number of carbonyl (C=O) groups is 1.